The Kier molecular flexibility index (Phi) is 3.52. The Morgan fingerprint density at radius 2 is 2.22 bits per heavy atom. The molecule has 0 saturated carbocycles. The topological polar surface area (TPSA) is 87.9 Å². The molecule has 7 heteroatoms. The molecule has 0 aliphatic carbocycles. The van der Waals surface area contributed by atoms with Gasteiger partial charge in [-0.25, -0.2) is 4.98 Å². The summed E-state index contributed by atoms with van der Waals surface area (Å²) in [6, 6.07) is 5.22. The quantitative estimate of drug-likeness (QED) is 0.813. The van der Waals surface area contributed by atoms with Gasteiger partial charge >= 0.3 is 0 Å². The fourth-order valence-corrected chi connectivity index (χ4v) is 2.10. The van der Waals surface area contributed by atoms with Crippen LogP contribution in [0.1, 0.15) is 10.4 Å². The number of amides is 1. The Balaban J connectivity index is 2.23. The van der Waals surface area contributed by atoms with Crippen LogP contribution in [-0.4, -0.2) is 40.1 Å². The Morgan fingerprint density at radius 3 is 2.78 bits per heavy atom. The monoisotopic (exact) mass is 263 g/mol. The number of rotatable bonds is 3. The summed E-state index contributed by atoms with van der Waals surface area (Å²) >= 11 is 1.37. The van der Waals surface area contributed by atoms with Crippen molar-refractivity contribution in [2.75, 3.05) is 19.8 Å². The van der Waals surface area contributed by atoms with Crippen LogP contribution in [0.5, 0.6) is 0 Å². The van der Waals surface area contributed by atoms with Crippen LogP contribution in [0.2, 0.25) is 0 Å². The summed E-state index contributed by atoms with van der Waals surface area (Å²) in [6.45, 7) is 0. The van der Waals surface area contributed by atoms with Crippen LogP contribution >= 0.6 is 11.8 Å². The molecule has 0 radical (unpaired) electrons. The van der Waals surface area contributed by atoms with Crippen molar-refractivity contribution in [3.8, 4) is 0 Å². The molecule has 3 N–H and O–H groups in total. The molecule has 1 heterocycles. The second kappa shape index (κ2) is 5.09. The zero-order valence-corrected chi connectivity index (χ0v) is 10.9. The van der Waals surface area contributed by atoms with Gasteiger partial charge in [0.05, 0.1) is 0 Å². The van der Waals surface area contributed by atoms with Gasteiger partial charge in [-0.05, 0) is 30.0 Å². The summed E-state index contributed by atoms with van der Waals surface area (Å²) < 4.78 is 0. The van der Waals surface area contributed by atoms with E-state index in [0.29, 0.717) is 16.4 Å². The van der Waals surface area contributed by atoms with Crippen molar-refractivity contribution >= 4 is 23.4 Å². The molecule has 18 heavy (non-hydrogen) atoms. The first-order valence-electron chi connectivity index (χ1n) is 5.22. The number of nitrogens with zero attached hydrogens (tertiary/aromatic N) is 3. The third-order valence-electron chi connectivity index (χ3n) is 2.26. The van der Waals surface area contributed by atoms with Gasteiger partial charge in [-0.3, -0.25) is 9.89 Å². The highest BCUT2D eigenvalue weighted by atomic mass is 32.2. The summed E-state index contributed by atoms with van der Waals surface area (Å²) in [5.41, 5.74) is 7.04. The predicted octanol–water partition coefficient (Wildman–Crippen LogP) is 1.24. The first-order valence-corrected chi connectivity index (χ1v) is 6.04. The number of benzene rings is 1. The Labute approximate surface area is 109 Å². The molecule has 94 valence electrons. The standard InChI is InChI=1S/C11H13N5OS/c1-16(2)10(17)7-3-4-9(8(12)5-7)18-11-13-6-14-15-11/h3-6H,12H2,1-2H3,(H,13,14,15). The lowest BCUT2D eigenvalue weighted by Gasteiger charge is -2.11. The molecular weight excluding hydrogens is 250 g/mol. The number of H-pyrrole nitrogens is 1. The highest BCUT2D eigenvalue weighted by molar-refractivity contribution is 7.99. The van der Waals surface area contributed by atoms with Crippen LogP contribution in [0.4, 0.5) is 5.69 Å². The molecule has 0 atom stereocenters. The highest BCUT2D eigenvalue weighted by Crippen LogP contribution is 2.30. The van der Waals surface area contributed by atoms with E-state index in [1.807, 2.05) is 0 Å². The molecule has 0 spiro atoms. The van der Waals surface area contributed by atoms with Gasteiger partial charge in [0.15, 0.2) is 5.16 Å². The molecule has 2 rings (SSSR count). The lowest BCUT2D eigenvalue weighted by molar-refractivity contribution is 0.0827. The van der Waals surface area contributed by atoms with Crippen molar-refractivity contribution in [2.45, 2.75) is 10.1 Å². The zero-order valence-electron chi connectivity index (χ0n) is 10.0. The van der Waals surface area contributed by atoms with E-state index in [9.17, 15) is 4.79 Å². The maximum atomic E-state index is 11.8. The van der Waals surface area contributed by atoms with Gasteiger partial charge in [0.2, 0.25) is 0 Å². The minimum atomic E-state index is -0.0714. The second-order valence-electron chi connectivity index (χ2n) is 3.84. The van der Waals surface area contributed by atoms with E-state index >= 15 is 0 Å². The van der Waals surface area contributed by atoms with E-state index in [1.165, 1.54) is 23.0 Å². The molecule has 1 amide bonds. The maximum absolute atomic E-state index is 11.8. The van der Waals surface area contributed by atoms with Crippen LogP contribution in [0.25, 0.3) is 0 Å². The average molecular weight is 263 g/mol. The van der Waals surface area contributed by atoms with Gasteiger partial charge in [0, 0.05) is 30.2 Å². The van der Waals surface area contributed by atoms with Crippen molar-refractivity contribution in [1.82, 2.24) is 20.1 Å². The number of hydrogen-bond donors (Lipinski definition) is 2. The molecule has 0 aliphatic rings. The van der Waals surface area contributed by atoms with E-state index in [1.54, 1.807) is 32.3 Å². The lowest BCUT2D eigenvalue weighted by Crippen LogP contribution is -2.21. The summed E-state index contributed by atoms with van der Waals surface area (Å²) in [5.74, 6) is -0.0714. The zero-order chi connectivity index (χ0) is 13.1. The molecule has 1 aromatic carbocycles. The predicted molar refractivity (Wildman–Crippen MR) is 69.4 cm³/mol. The van der Waals surface area contributed by atoms with Crippen LogP contribution in [0.15, 0.2) is 34.6 Å². The highest BCUT2D eigenvalue weighted by Gasteiger charge is 2.11. The second-order valence-corrected chi connectivity index (χ2v) is 4.88. The Morgan fingerprint density at radius 1 is 1.44 bits per heavy atom. The van der Waals surface area contributed by atoms with Crippen molar-refractivity contribution in [3.63, 3.8) is 0 Å². The summed E-state index contributed by atoms with van der Waals surface area (Å²) in [6.07, 6.45) is 1.43. The van der Waals surface area contributed by atoms with E-state index in [4.69, 9.17) is 5.73 Å². The Hall–Kier alpha value is -2.02. The molecule has 1 aromatic heterocycles. The molecule has 0 aliphatic heterocycles. The lowest BCUT2D eigenvalue weighted by atomic mass is 10.2. The largest absolute Gasteiger partial charge is 0.398 e. The number of aromatic amines is 1. The minimum Gasteiger partial charge on any atom is -0.398 e. The molecule has 0 bridgehead atoms. The van der Waals surface area contributed by atoms with E-state index in [-0.39, 0.29) is 5.91 Å². The molecule has 0 saturated heterocycles. The average Bonchev–Trinajstić information content (AvgIpc) is 2.83. The smallest absolute Gasteiger partial charge is 0.253 e. The fraction of sp³-hybridized carbons (Fsp3) is 0.182. The minimum absolute atomic E-state index is 0.0714. The van der Waals surface area contributed by atoms with Crippen LogP contribution < -0.4 is 5.73 Å². The van der Waals surface area contributed by atoms with E-state index < -0.39 is 0 Å². The van der Waals surface area contributed by atoms with Gasteiger partial charge in [-0.2, -0.15) is 5.10 Å². The fourth-order valence-electron chi connectivity index (χ4n) is 1.38. The van der Waals surface area contributed by atoms with Crippen molar-refractivity contribution in [3.05, 3.63) is 30.1 Å². The number of hydrogen-bond acceptors (Lipinski definition) is 5. The van der Waals surface area contributed by atoms with Crippen LogP contribution in [-0.2, 0) is 0 Å². The van der Waals surface area contributed by atoms with Crippen molar-refractivity contribution < 1.29 is 4.79 Å². The number of nitrogens with one attached hydrogen (secondary N) is 1. The SMILES string of the molecule is CN(C)C(=O)c1ccc(Sc2ncn[nH]2)c(N)c1. The normalized spacial score (nSPS) is 10.3. The van der Waals surface area contributed by atoms with Crippen molar-refractivity contribution in [1.29, 1.82) is 0 Å². The molecule has 0 unspecified atom stereocenters. The third-order valence-corrected chi connectivity index (χ3v) is 3.24. The summed E-state index contributed by atoms with van der Waals surface area (Å²) in [7, 11) is 3.41. The van der Waals surface area contributed by atoms with Gasteiger partial charge in [0.1, 0.15) is 6.33 Å². The van der Waals surface area contributed by atoms with Crippen LogP contribution in [0, 0.1) is 0 Å². The van der Waals surface area contributed by atoms with Crippen molar-refractivity contribution in [2.24, 2.45) is 0 Å². The molecule has 0 fully saturated rings. The first kappa shape index (κ1) is 12.4. The number of aromatic nitrogens is 3. The maximum Gasteiger partial charge on any atom is 0.253 e. The summed E-state index contributed by atoms with van der Waals surface area (Å²) in [5, 5.41) is 7.16. The molecular formula is C11H13N5OS. The number of nitrogen functional groups attached to an aromatic ring is 1. The van der Waals surface area contributed by atoms with Gasteiger partial charge in [-0.15, -0.1) is 0 Å². The number of nitrogens with two attached hydrogens (primary N) is 1. The number of anilines is 1. The number of carbonyl (C=O) groups excluding carboxylic acids is 1. The molecule has 6 nitrogen and oxygen atoms in total. The van der Waals surface area contributed by atoms with Gasteiger partial charge < -0.3 is 10.6 Å². The third kappa shape index (κ3) is 2.62. The van der Waals surface area contributed by atoms with Gasteiger partial charge in [0.25, 0.3) is 5.91 Å². The molecule has 2 aromatic rings. The van der Waals surface area contributed by atoms with Crippen LogP contribution in [0.3, 0.4) is 0 Å². The van der Waals surface area contributed by atoms with E-state index in [2.05, 4.69) is 15.2 Å². The van der Waals surface area contributed by atoms with E-state index in [0.717, 1.165) is 4.90 Å². The summed E-state index contributed by atoms with van der Waals surface area (Å²) in [4.78, 5) is 18.1. The van der Waals surface area contributed by atoms with Gasteiger partial charge in [-0.1, -0.05) is 0 Å². The Bertz CT molecular complexity index is 553. The first-order chi connectivity index (χ1) is 8.58. The number of carbonyl (C=O) groups is 1.